The number of aromatic amines is 1. The molecule has 2 aromatic heterocycles. The number of aromatic nitrogens is 4. The van der Waals surface area contributed by atoms with Gasteiger partial charge < -0.3 is 14.4 Å². The lowest BCUT2D eigenvalue weighted by atomic mass is 10.1. The summed E-state index contributed by atoms with van der Waals surface area (Å²) in [4.78, 5) is 13.8. The Hall–Kier alpha value is -2.71. The fraction of sp³-hybridized carbons (Fsp3) is 0.522. The lowest BCUT2D eigenvalue weighted by molar-refractivity contribution is 0.0952. The highest BCUT2D eigenvalue weighted by Gasteiger charge is 2.40. The fourth-order valence-electron chi connectivity index (χ4n) is 4.20. The maximum atomic E-state index is 6.15. The van der Waals surface area contributed by atoms with Gasteiger partial charge in [-0.1, -0.05) is 0 Å². The Morgan fingerprint density at radius 2 is 1.94 bits per heavy atom. The van der Waals surface area contributed by atoms with E-state index in [2.05, 4.69) is 49.9 Å². The summed E-state index contributed by atoms with van der Waals surface area (Å²) in [5.41, 5.74) is 2.62. The van der Waals surface area contributed by atoms with Crippen LogP contribution in [0.4, 0.5) is 5.82 Å². The van der Waals surface area contributed by atoms with E-state index in [0.29, 0.717) is 6.04 Å². The topological polar surface area (TPSA) is 79.4 Å². The predicted octanol–water partition coefficient (Wildman–Crippen LogP) is 3.11. The van der Waals surface area contributed by atoms with Crippen LogP contribution in [0, 0.1) is 0 Å². The molecule has 1 unspecified atom stereocenters. The minimum Gasteiger partial charge on any atom is -0.488 e. The van der Waals surface area contributed by atoms with E-state index in [0.717, 1.165) is 79.5 Å². The number of nitrogens with one attached hydrogen (secondary N) is 1. The molecule has 1 atom stereocenters. The number of hydrogen-bond acceptors (Lipinski definition) is 7. The smallest absolute Gasteiger partial charge is 0.132 e. The van der Waals surface area contributed by atoms with Crippen LogP contribution in [0.5, 0.6) is 5.75 Å². The molecule has 164 valence electrons. The van der Waals surface area contributed by atoms with Crippen molar-refractivity contribution in [3.63, 3.8) is 0 Å². The van der Waals surface area contributed by atoms with Gasteiger partial charge in [0.25, 0.3) is 0 Å². The van der Waals surface area contributed by atoms with Crippen molar-refractivity contribution in [3.8, 4) is 17.1 Å². The molecule has 2 fully saturated rings. The van der Waals surface area contributed by atoms with Crippen molar-refractivity contribution in [2.75, 3.05) is 44.8 Å². The van der Waals surface area contributed by atoms with Crippen molar-refractivity contribution in [2.45, 2.75) is 38.3 Å². The maximum absolute atomic E-state index is 6.15. The third-order valence-corrected chi connectivity index (χ3v) is 6.42. The van der Waals surface area contributed by atoms with Crippen LogP contribution in [0.1, 0.15) is 26.7 Å². The first-order valence-corrected chi connectivity index (χ1v) is 11.0. The van der Waals surface area contributed by atoms with E-state index in [4.69, 9.17) is 9.47 Å². The molecule has 1 saturated carbocycles. The number of anilines is 1. The van der Waals surface area contributed by atoms with Crippen LogP contribution >= 0.6 is 0 Å². The van der Waals surface area contributed by atoms with Crippen molar-refractivity contribution in [2.24, 2.45) is 0 Å². The van der Waals surface area contributed by atoms with Crippen molar-refractivity contribution in [3.05, 3.63) is 30.6 Å². The number of methoxy groups -OCH3 is 1. The molecule has 0 amide bonds. The van der Waals surface area contributed by atoms with Gasteiger partial charge in [0.1, 0.15) is 29.2 Å². The molecule has 1 aliphatic heterocycles. The van der Waals surface area contributed by atoms with Crippen LogP contribution in [-0.2, 0) is 4.74 Å². The standard InChI is InChI=1S/C23H30N6O2/c1-16(14-30-3)28-8-10-29(11-9-28)21-13-20(24-15-25-21)22-18-12-17(31-23(2)6-7-23)4-5-19(18)26-27-22/h4-5,12-13,15-16H,6-11,14H2,1-3H3,(H,26,27). The van der Waals surface area contributed by atoms with Gasteiger partial charge in [0, 0.05) is 50.8 Å². The van der Waals surface area contributed by atoms with E-state index < -0.39 is 0 Å². The third kappa shape index (κ3) is 4.22. The predicted molar refractivity (Wildman–Crippen MR) is 121 cm³/mol. The normalized spacial score (nSPS) is 19.5. The molecule has 8 nitrogen and oxygen atoms in total. The molecular formula is C23H30N6O2. The summed E-state index contributed by atoms with van der Waals surface area (Å²) in [6, 6.07) is 8.56. The molecule has 1 N–H and O–H groups in total. The number of benzene rings is 1. The zero-order valence-electron chi connectivity index (χ0n) is 18.5. The van der Waals surface area contributed by atoms with Gasteiger partial charge in [0.05, 0.1) is 17.8 Å². The first-order valence-electron chi connectivity index (χ1n) is 11.0. The largest absolute Gasteiger partial charge is 0.488 e. The zero-order valence-corrected chi connectivity index (χ0v) is 18.5. The molecule has 0 spiro atoms. The van der Waals surface area contributed by atoms with Crippen LogP contribution in [0.25, 0.3) is 22.3 Å². The van der Waals surface area contributed by atoms with Gasteiger partial charge >= 0.3 is 0 Å². The lowest BCUT2D eigenvalue weighted by Crippen LogP contribution is -2.50. The average molecular weight is 423 g/mol. The Morgan fingerprint density at radius 3 is 2.68 bits per heavy atom. The highest BCUT2D eigenvalue weighted by molar-refractivity contribution is 5.93. The van der Waals surface area contributed by atoms with Crippen LogP contribution in [0.15, 0.2) is 30.6 Å². The summed E-state index contributed by atoms with van der Waals surface area (Å²) in [6.45, 7) is 8.98. The molecule has 1 aliphatic carbocycles. The van der Waals surface area contributed by atoms with E-state index in [1.54, 1.807) is 13.4 Å². The molecule has 1 aromatic carbocycles. The van der Waals surface area contributed by atoms with Crippen LogP contribution in [-0.4, -0.2) is 76.6 Å². The van der Waals surface area contributed by atoms with Crippen molar-refractivity contribution in [1.82, 2.24) is 25.1 Å². The molecule has 8 heteroatoms. The molecular weight excluding hydrogens is 392 g/mol. The van der Waals surface area contributed by atoms with Gasteiger partial charge in [-0.2, -0.15) is 5.10 Å². The first-order chi connectivity index (χ1) is 15.0. The summed E-state index contributed by atoms with van der Waals surface area (Å²) < 4.78 is 11.5. The molecule has 1 saturated heterocycles. The number of piperazine rings is 1. The second kappa shape index (κ2) is 8.09. The Labute approximate surface area is 182 Å². The fourth-order valence-corrected chi connectivity index (χ4v) is 4.20. The number of rotatable bonds is 7. The average Bonchev–Trinajstić information content (AvgIpc) is 3.36. The quantitative estimate of drug-likeness (QED) is 0.627. The Kier molecular flexibility index (Phi) is 5.27. The second-order valence-electron chi connectivity index (χ2n) is 8.92. The molecule has 3 aromatic rings. The van der Waals surface area contributed by atoms with E-state index in [-0.39, 0.29) is 5.60 Å². The van der Waals surface area contributed by atoms with E-state index >= 15 is 0 Å². The SMILES string of the molecule is COCC(C)N1CCN(c2cc(-c3n[nH]c4ccc(OC5(C)CC5)cc34)ncn2)CC1. The summed E-state index contributed by atoms with van der Waals surface area (Å²) in [6.07, 6.45) is 3.85. The van der Waals surface area contributed by atoms with Gasteiger partial charge in [0.15, 0.2) is 0 Å². The number of fused-ring (bicyclic) bond motifs is 1. The van der Waals surface area contributed by atoms with Gasteiger partial charge in [-0.15, -0.1) is 0 Å². The zero-order chi connectivity index (χ0) is 21.4. The highest BCUT2D eigenvalue weighted by atomic mass is 16.5. The van der Waals surface area contributed by atoms with E-state index in [9.17, 15) is 0 Å². The molecule has 0 bridgehead atoms. The minimum atomic E-state index is -0.0114. The third-order valence-electron chi connectivity index (χ3n) is 6.42. The van der Waals surface area contributed by atoms with Crippen LogP contribution in [0.3, 0.4) is 0 Å². The maximum Gasteiger partial charge on any atom is 0.132 e. The Balaban J connectivity index is 1.36. The monoisotopic (exact) mass is 422 g/mol. The number of hydrogen-bond donors (Lipinski definition) is 1. The van der Waals surface area contributed by atoms with Crippen molar-refractivity contribution < 1.29 is 9.47 Å². The molecule has 2 aliphatic rings. The summed E-state index contributed by atoms with van der Waals surface area (Å²) in [7, 11) is 1.76. The van der Waals surface area contributed by atoms with Crippen molar-refractivity contribution in [1.29, 1.82) is 0 Å². The number of ether oxygens (including phenoxy) is 2. The van der Waals surface area contributed by atoms with Crippen LogP contribution in [0.2, 0.25) is 0 Å². The minimum absolute atomic E-state index is 0.0114. The van der Waals surface area contributed by atoms with Gasteiger partial charge in [-0.05, 0) is 44.9 Å². The first kappa shape index (κ1) is 20.2. The van der Waals surface area contributed by atoms with E-state index in [1.165, 1.54) is 0 Å². The van der Waals surface area contributed by atoms with Gasteiger partial charge in [-0.25, -0.2) is 9.97 Å². The molecule has 0 radical (unpaired) electrons. The Bertz CT molecular complexity index is 1060. The number of H-pyrrole nitrogens is 1. The van der Waals surface area contributed by atoms with Gasteiger partial charge in [0.2, 0.25) is 0 Å². The number of nitrogens with zero attached hydrogens (tertiary/aromatic N) is 5. The highest BCUT2D eigenvalue weighted by Crippen LogP contribution is 2.40. The van der Waals surface area contributed by atoms with E-state index in [1.807, 2.05) is 18.2 Å². The molecule has 5 rings (SSSR count). The Morgan fingerprint density at radius 1 is 1.13 bits per heavy atom. The second-order valence-corrected chi connectivity index (χ2v) is 8.92. The summed E-state index contributed by atoms with van der Waals surface area (Å²) >= 11 is 0. The molecule has 31 heavy (non-hydrogen) atoms. The van der Waals surface area contributed by atoms with Gasteiger partial charge in [-0.3, -0.25) is 10.00 Å². The lowest BCUT2D eigenvalue weighted by Gasteiger charge is -2.38. The van der Waals surface area contributed by atoms with Crippen molar-refractivity contribution >= 4 is 16.7 Å². The summed E-state index contributed by atoms with van der Waals surface area (Å²) in [5.74, 6) is 1.82. The summed E-state index contributed by atoms with van der Waals surface area (Å²) in [5, 5.41) is 8.69. The van der Waals surface area contributed by atoms with Crippen LogP contribution < -0.4 is 9.64 Å². The molecule has 3 heterocycles.